The summed E-state index contributed by atoms with van der Waals surface area (Å²) in [5, 5.41) is 0.594. The second-order valence-corrected chi connectivity index (χ2v) is 11.7. The molecule has 0 bridgehead atoms. The van der Waals surface area contributed by atoms with E-state index in [9.17, 15) is 18.0 Å². The van der Waals surface area contributed by atoms with Gasteiger partial charge in [-0.25, -0.2) is 15.0 Å². The van der Waals surface area contributed by atoms with E-state index in [1.165, 1.54) is 0 Å². The zero-order chi connectivity index (χ0) is 27.3. The first kappa shape index (κ1) is 28.4. The number of anilines is 2. The molecule has 3 aliphatic rings. The van der Waals surface area contributed by atoms with Crippen molar-refractivity contribution in [1.29, 1.82) is 0 Å². The third-order valence-electron chi connectivity index (χ3n) is 7.20. The summed E-state index contributed by atoms with van der Waals surface area (Å²) in [7, 11) is -3.96. The Bertz CT molecular complexity index is 1100. The number of piperazine rings is 1. The van der Waals surface area contributed by atoms with E-state index in [2.05, 4.69) is 30.0 Å². The van der Waals surface area contributed by atoms with Crippen LogP contribution in [0, 0.1) is 24.6 Å². The van der Waals surface area contributed by atoms with E-state index in [1.54, 1.807) is 6.92 Å². The Hall–Kier alpha value is -2.62. The molecule has 2 amide bonds. The molecule has 0 unspecified atom stereocenters. The van der Waals surface area contributed by atoms with E-state index < -0.39 is 27.8 Å². The molecule has 0 aromatic carbocycles. The molecule has 0 spiro atoms. The van der Waals surface area contributed by atoms with Gasteiger partial charge < -0.3 is 9.64 Å². The molecule has 2 N–H and O–H groups in total. The van der Waals surface area contributed by atoms with Gasteiger partial charge in [-0.05, 0) is 19.3 Å². The molecule has 13 nitrogen and oxygen atoms in total. The van der Waals surface area contributed by atoms with Gasteiger partial charge in [0.2, 0.25) is 18.1 Å². The molecule has 1 aliphatic carbocycles. The molecule has 0 radical (unpaired) electrons. The number of fused-ring (bicyclic) bond motifs is 1. The fraction of sp³-hybridized carbons (Fsp3) is 0.739. The van der Waals surface area contributed by atoms with Crippen molar-refractivity contribution in [1.82, 2.24) is 25.4 Å². The van der Waals surface area contributed by atoms with Crippen LogP contribution in [0.4, 0.5) is 16.0 Å². The number of hydrogen-bond acceptors (Lipinski definition) is 11. The van der Waals surface area contributed by atoms with Crippen LogP contribution >= 0.6 is 0 Å². The molecule has 2 atom stereocenters. The number of carbonyl (C=O) groups excluding carboxylic acids is 2. The maximum absolute atomic E-state index is 15.5. The normalized spacial score (nSPS) is 21.6. The molecule has 15 heteroatoms. The number of rotatable bonds is 11. The summed E-state index contributed by atoms with van der Waals surface area (Å²) < 4.78 is 48.8. The zero-order valence-corrected chi connectivity index (χ0v) is 22.6. The highest BCUT2D eigenvalue weighted by atomic mass is 32.2. The van der Waals surface area contributed by atoms with Crippen LogP contribution < -0.4 is 15.8 Å². The van der Waals surface area contributed by atoms with Crippen molar-refractivity contribution in [2.45, 2.75) is 45.1 Å². The van der Waals surface area contributed by atoms with Gasteiger partial charge in [0.1, 0.15) is 5.82 Å². The lowest BCUT2D eigenvalue weighted by atomic mass is 9.92. The number of hydroxylamine groups is 2. The zero-order valence-electron chi connectivity index (χ0n) is 21.8. The minimum absolute atomic E-state index is 0.148. The summed E-state index contributed by atoms with van der Waals surface area (Å²) in [5.41, 5.74) is 5.08. The van der Waals surface area contributed by atoms with Gasteiger partial charge in [0.05, 0.1) is 38.0 Å². The fourth-order valence-electron chi connectivity index (χ4n) is 5.39. The Kier molecular flexibility index (Phi) is 9.33. The van der Waals surface area contributed by atoms with Crippen molar-refractivity contribution < 1.29 is 31.4 Å². The number of nitrogens with one attached hydrogen (secondary N) is 2. The smallest absolute Gasteiger partial charge is 0.285 e. The monoisotopic (exact) mass is 557 g/mol. The van der Waals surface area contributed by atoms with Crippen LogP contribution in [-0.4, -0.2) is 98.9 Å². The number of nitrogens with zero attached hydrogens (tertiary/aromatic N) is 5. The molecule has 1 saturated carbocycles. The Labute approximate surface area is 222 Å². The molecule has 1 aromatic rings. The molecule has 1 aromatic heterocycles. The molecular weight excluding hydrogens is 521 g/mol. The van der Waals surface area contributed by atoms with Gasteiger partial charge >= 0.3 is 0 Å². The second kappa shape index (κ2) is 12.5. The molecule has 2 aliphatic heterocycles. The first-order valence-corrected chi connectivity index (χ1v) is 14.7. The second-order valence-electron chi connectivity index (χ2n) is 10.1. The lowest BCUT2D eigenvalue weighted by molar-refractivity contribution is -0.146. The van der Waals surface area contributed by atoms with Crippen molar-refractivity contribution in [2.24, 2.45) is 11.8 Å². The van der Waals surface area contributed by atoms with Gasteiger partial charge in [0.25, 0.3) is 10.1 Å². The lowest BCUT2D eigenvalue weighted by Crippen LogP contribution is -2.58. The van der Waals surface area contributed by atoms with E-state index >= 15 is 4.39 Å². The highest BCUT2D eigenvalue weighted by Gasteiger charge is 2.33. The quantitative estimate of drug-likeness (QED) is 0.289. The topological polar surface area (TPSA) is 146 Å². The standard InChI is InChI=1S/C23H36FN7O6S/c1-16-25-21(20(24)22(26-16)30-8-7-29-9-10-36-14-19(29)13-30)27-28-23(33)18(11-17-5-3-4-6-17)12-31(15-32)37-38(2,34)35/h15,17-19H,3-14H2,1-2H3,(H,28,33)(H,25,26,27)/t18-,19-/m0/s1. The largest absolute Gasteiger partial charge is 0.378 e. The van der Waals surface area contributed by atoms with Crippen LogP contribution in [-0.2, 0) is 28.7 Å². The third-order valence-corrected chi connectivity index (χ3v) is 7.66. The van der Waals surface area contributed by atoms with Gasteiger partial charge in [0, 0.05) is 26.2 Å². The highest BCUT2D eigenvalue weighted by molar-refractivity contribution is 7.85. The van der Waals surface area contributed by atoms with Crippen LogP contribution in [0.5, 0.6) is 0 Å². The van der Waals surface area contributed by atoms with Gasteiger partial charge in [-0.2, -0.15) is 12.8 Å². The maximum atomic E-state index is 15.5. The molecule has 38 heavy (non-hydrogen) atoms. The number of amides is 2. The molecular formula is C23H36FN7O6S. The maximum Gasteiger partial charge on any atom is 0.285 e. The number of hydrogen-bond donors (Lipinski definition) is 2. The summed E-state index contributed by atoms with van der Waals surface area (Å²) in [5.74, 6) is -1.46. The van der Waals surface area contributed by atoms with Crippen molar-refractivity contribution in [3.63, 3.8) is 0 Å². The summed E-state index contributed by atoms with van der Waals surface area (Å²) in [4.78, 5) is 37.2. The minimum Gasteiger partial charge on any atom is -0.378 e. The van der Waals surface area contributed by atoms with E-state index in [0.717, 1.165) is 45.0 Å². The number of ether oxygens (including phenoxy) is 1. The average molecular weight is 558 g/mol. The SMILES string of the molecule is Cc1nc(NNC(=O)[C@@H](CC2CCCC2)CN(C=O)OS(C)(=O)=O)c(F)c(N2CCN3CCOC[C@@H]3C2)n1. The highest BCUT2D eigenvalue weighted by Crippen LogP contribution is 2.31. The van der Waals surface area contributed by atoms with Crippen LogP contribution in [0.3, 0.4) is 0 Å². The van der Waals surface area contributed by atoms with Gasteiger partial charge in [-0.3, -0.25) is 25.3 Å². The predicted molar refractivity (Wildman–Crippen MR) is 136 cm³/mol. The lowest BCUT2D eigenvalue weighted by Gasteiger charge is -2.44. The number of aryl methyl sites for hydroxylation is 1. The molecule has 4 rings (SSSR count). The third kappa shape index (κ3) is 7.48. The van der Waals surface area contributed by atoms with E-state index in [1.807, 2.05) is 4.90 Å². The van der Waals surface area contributed by atoms with E-state index in [4.69, 9.17) is 4.74 Å². The number of hydrazine groups is 1. The Morgan fingerprint density at radius 3 is 2.76 bits per heavy atom. The number of morpholine rings is 1. The molecule has 2 saturated heterocycles. The predicted octanol–water partition coefficient (Wildman–Crippen LogP) is 0.434. The van der Waals surface area contributed by atoms with Crippen molar-refractivity contribution >= 4 is 34.1 Å². The number of carbonyl (C=O) groups is 2. The van der Waals surface area contributed by atoms with Crippen LogP contribution in [0.25, 0.3) is 0 Å². The minimum atomic E-state index is -3.96. The fourth-order valence-corrected chi connectivity index (χ4v) is 5.84. The first-order chi connectivity index (χ1) is 18.1. The summed E-state index contributed by atoms with van der Waals surface area (Å²) >= 11 is 0. The van der Waals surface area contributed by atoms with E-state index in [-0.39, 0.29) is 36.6 Å². The number of halogens is 1. The Balaban J connectivity index is 1.45. The Morgan fingerprint density at radius 1 is 1.29 bits per heavy atom. The van der Waals surface area contributed by atoms with Gasteiger partial charge in [0.15, 0.2) is 11.6 Å². The van der Waals surface area contributed by atoms with Crippen molar-refractivity contribution in [3.05, 3.63) is 11.6 Å². The average Bonchev–Trinajstić information content (AvgIpc) is 3.40. The molecule has 3 fully saturated rings. The summed E-state index contributed by atoms with van der Waals surface area (Å²) in [6, 6.07) is 0.148. The Morgan fingerprint density at radius 2 is 2.05 bits per heavy atom. The van der Waals surface area contributed by atoms with Crippen LogP contribution in [0.15, 0.2) is 0 Å². The molecule has 3 heterocycles. The van der Waals surface area contributed by atoms with Crippen LogP contribution in [0.2, 0.25) is 0 Å². The van der Waals surface area contributed by atoms with Gasteiger partial charge in [-0.1, -0.05) is 25.7 Å². The van der Waals surface area contributed by atoms with Crippen molar-refractivity contribution in [3.8, 4) is 0 Å². The molecule has 212 valence electrons. The van der Waals surface area contributed by atoms with Crippen molar-refractivity contribution in [2.75, 3.05) is 62.5 Å². The first-order valence-electron chi connectivity index (χ1n) is 12.9. The number of aromatic nitrogens is 2. The van der Waals surface area contributed by atoms with Crippen LogP contribution in [0.1, 0.15) is 37.9 Å². The van der Waals surface area contributed by atoms with E-state index in [0.29, 0.717) is 43.6 Å². The summed E-state index contributed by atoms with van der Waals surface area (Å²) in [6.45, 7) is 5.41. The van der Waals surface area contributed by atoms with Gasteiger partial charge in [-0.15, -0.1) is 4.28 Å². The summed E-state index contributed by atoms with van der Waals surface area (Å²) in [6.07, 6.45) is 5.43.